The van der Waals surface area contributed by atoms with Gasteiger partial charge in [0.2, 0.25) is 0 Å². The number of anilines is 2. The van der Waals surface area contributed by atoms with Crippen LogP contribution in [0.15, 0.2) is 48.8 Å². The average Bonchev–Trinajstić information content (AvgIpc) is 2.51. The van der Waals surface area contributed by atoms with Crippen LogP contribution in [-0.4, -0.2) is 18.1 Å². The Morgan fingerprint density at radius 1 is 0.950 bits per heavy atom. The minimum absolute atomic E-state index is 0.966. The molecule has 106 valence electrons. The summed E-state index contributed by atoms with van der Waals surface area (Å²) in [6.45, 7) is 4.11. The van der Waals surface area contributed by atoms with Gasteiger partial charge in [0.25, 0.3) is 0 Å². The van der Waals surface area contributed by atoms with Crippen molar-refractivity contribution in [1.29, 1.82) is 0 Å². The molecule has 1 aromatic heterocycles. The zero-order valence-electron chi connectivity index (χ0n) is 12.1. The van der Waals surface area contributed by atoms with Gasteiger partial charge in [0, 0.05) is 13.1 Å². The van der Waals surface area contributed by atoms with E-state index in [1.807, 2.05) is 12.4 Å². The fourth-order valence-electron chi connectivity index (χ4n) is 2.07. The molecule has 0 saturated heterocycles. The van der Waals surface area contributed by atoms with Crippen molar-refractivity contribution >= 4 is 11.4 Å². The summed E-state index contributed by atoms with van der Waals surface area (Å²) in [6.07, 6.45) is 7.09. The van der Waals surface area contributed by atoms with Crippen LogP contribution in [0.3, 0.4) is 0 Å². The molecule has 0 aliphatic carbocycles. The fourth-order valence-corrected chi connectivity index (χ4v) is 2.07. The summed E-state index contributed by atoms with van der Waals surface area (Å²) in [5, 5.41) is 6.78. The van der Waals surface area contributed by atoms with E-state index in [1.165, 1.54) is 5.56 Å². The van der Waals surface area contributed by atoms with Crippen molar-refractivity contribution in [3.8, 4) is 0 Å². The maximum absolute atomic E-state index is 4.25. The standard InChI is InChI=1S/C17H23N3/c1-2-10-19-16-12-17(14-18-13-16)20-11-6-9-15-7-4-3-5-8-15/h3-5,7-8,12-14,19-20H,2,6,9-11H2,1H3. The van der Waals surface area contributed by atoms with Gasteiger partial charge in [0.15, 0.2) is 0 Å². The molecule has 3 heteroatoms. The molecule has 0 fully saturated rings. The Kier molecular flexibility index (Phi) is 5.90. The Morgan fingerprint density at radius 3 is 2.35 bits per heavy atom. The van der Waals surface area contributed by atoms with Gasteiger partial charge in [-0.2, -0.15) is 0 Å². The second-order valence-electron chi connectivity index (χ2n) is 4.90. The number of nitrogens with zero attached hydrogens (tertiary/aromatic N) is 1. The lowest BCUT2D eigenvalue weighted by atomic mass is 10.1. The van der Waals surface area contributed by atoms with E-state index in [0.29, 0.717) is 0 Å². The molecule has 0 bridgehead atoms. The van der Waals surface area contributed by atoms with Crippen LogP contribution < -0.4 is 10.6 Å². The average molecular weight is 269 g/mol. The number of aromatic nitrogens is 1. The van der Waals surface area contributed by atoms with E-state index < -0.39 is 0 Å². The Bertz CT molecular complexity index is 497. The minimum atomic E-state index is 0.966. The minimum Gasteiger partial charge on any atom is -0.384 e. The Balaban J connectivity index is 1.73. The summed E-state index contributed by atoms with van der Waals surface area (Å²) in [4.78, 5) is 4.25. The molecule has 2 N–H and O–H groups in total. The Morgan fingerprint density at radius 2 is 1.65 bits per heavy atom. The van der Waals surface area contributed by atoms with Crippen LogP contribution in [0.2, 0.25) is 0 Å². The van der Waals surface area contributed by atoms with E-state index >= 15 is 0 Å². The van der Waals surface area contributed by atoms with Gasteiger partial charge in [-0.3, -0.25) is 4.98 Å². The van der Waals surface area contributed by atoms with Crippen molar-refractivity contribution in [1.82, 2.24) is 4.98 Å². The summed E-state index contributed by atoms with van der Waals surface area (Å²) in [5.41, 5.74) is 3.56. The van der Waals surface area contributed by atoms with E-state index in [0.717, 1.165) is 43.7 Å². The van der Waals surface area contributed by atoms with Crippen LogP contribution in [0.4, 0.5) is 11.4 Å². The summed E-state index contributed by atoms with van der Waals surface area (Å²) in [5.74, 6) is 0. The van der Waals surface area contributed by atoms with Crippen molar-refractivity contribution in [3.05, 3.63) is 54.4 Å². The van der Waals surface area contributed by atoms with Crippen LogP contribution in [0.1, 0.15) is 25.3 Å². The summed E-state index contributed by atoms with van der Waals surface area (Å²) in [6, 6.07) is 12.7. The molecular formula is C17H23N3. The van der Waals surface area contributed by atoms with Crippen molar-refractivity contribution in [2.45, 2.75) is 26.2 Å². The third kappa shape index (κ3) is 4.92. The third-order valence-corrected chi connectivity index (χ3v) is 3.13. The highest BCUT2D eigenvalue weighted by Gasteiger charge is 1.96. The molecule has 1 heterocycles. The number of rotatable bonds is 8. The van der Waals surface area contributed by atoms with Crippen LogP contribution in [-0.2, 0) is 6.42 Å². The molecule has 1 aromatic carbocycles. The molecule has 20 heavy (non-hydrogen) atoms. The van der Waals surface area contributed by atoms with Crippen LogP contribution in [0.25, 0.3) is 0 Å². The number of hydrogen-bond acceptors (Lipinski definition) is 3. The monoisotopic (exact) mass is 269 g/mol. The quantitative estimate of drug-likeness (QED) is 0.712. The first-order valence-corrected chi connectivity index (χ1v) is 7.35. The number of pyridine rings is 1. The third-order valence-electron chi connectivity index (χ3n) is 3.13. The van der Waals surface area contributed by atoms with Crippen LogP contribution >= 0.6 is 0 Å². The second kappa shape index (κ2) is 8.20. The number of benzene rings is 1. The van der Waals surface area contributed by atoms with E-state index in [-0.39, 0.29) is 0 Å². The topological polar surface area (TPSA) is 37.0 Å². The van der Waals surface area contributed by atoms with Gasteiger partial charge in [-0.25, -0.2) is 0 Å². The fraction of sp³-hybridized carbons (Fsp3) is 0.353. The summed E-state index contributed by atoms with van der Waals surface area (Å²) in [7, 11) is 0. The highest BCUT2D eigenvalue weighted by Crippen LogP contribution is 2.13. The van der Waals surface area contributed by atoms with Gasteiger partial charge >= 0.3 is 0 Å². The molecule has 0 atom stereocenters. The number of nitrogens with one attached hydrogen (secondary N) is 2. The maximum Gasteiger partial charge on any atom is 0.0547 e. The molecule has 0 saturated carbocycles. The van der Waals surface area contributed by atoms with E-state index in [1.54, 1.807) is 0 Å². The first-order chi connectivity index (χ1) is 9.88. The SMILES string of the molecule is CCCNc1cncc(NCCCc2ccccc2)c1. The van der Waals surface area contributed by atoms with Gasteiger partial charge in [0.1, 0.15) is 0 Å². The molecule has 0 spiro atoms. The first-order valence-electron chi connectivity index (χ1n) is 7.35. The molecule has 0 amide bonds. The van der Waals surface area contributed by atoms with Gasteiger partial charge < -0.3 is 10.6 Å². The van der Waals surface area contributed by atoms with E-state index in [9.17, 15) is 0 Å². The maximum atomic E-state index is 4.25. The molecule has 0 aliphatic heterocycles. The predicted octanol–water partition coefficient (Wildman–Crippen LogP) is 3.95. The number of hydrogen-bond donors (Lipinski definition) is 2. The van der Waals surface area contributed by atoms with Crippen LogP contribution in [0.5, 0.6) is 0 Å². The highest BCUT2D eigenvalue weighted by atomic mass is 14.9. The first kappa shape index (κ1) is 14.4. The van der Waals surface area contributed by atoms with Crippen LogP contribution in [0, 0.1) is 0 Å². The predicted molar refractivity (Wildman–Crippen MR) is 86.3 cm³/mol. The lowest BCUT2D eigenvalue weighted by molar-refractivity contribution is 0.862. The molecule has 3 nitrogen and oxygen atoms in total. The smallest absolute Gasteiger partial charge is 0.0547 e. The zero-order chi connectivity index (χ0) is 14.0. The second-order valence-corrected chi connectivity index (χ2v) is 4.90. The molecule has 0 unspecified atom stereocenters. The van der Waals surface area contributed by atoms with E-state index in [2.05, 4.69) is 58.9 Å². The van der Waals surface area contributed by atoms with Gasteiger partial charge in [-0.15, -0.1) is 0 Å². The van der Waals surface area contributed by atoms with Crippen molar-refractivity contribution in [2.24, 2.45) is 0 Å². The van der Waals surface area contributed by atoms with Crippen molar-refractivity contribution in [2.75, 3.05) is 23.7 Å². The van der Waals surface area contributed by atoms with Crippen molar-refractivity contribution in [3.63, 3.8) is 0 Å². The van der Waals surface area contributed by atoms with Crippen molar-refractivity contribution < 1.29 is 0 Å². The highest BCUT2D eigenvalue weighted by molar-refractivity contribution is 5.53. The molecular weight excluding hydrogens is 246 g/mol. The normalized spacial score (nSPS) is 10.2. The summed E-state index contributed by atoms with van der Waals surface area (Å²) >= 11 is 0. The van der Waals surface area contributed by atoms with Gasteiger partial charge in [0.05, 0.1) is 23.8 Å². The molecule has 0 aliphatic rings. The lowest BCUT2D eigenvalue weighted by Gasteiger charge is -2.09. The zero-order valence-corrected chi connectivity index (χ0v) is 12.1. The number of aryl methyl sites for hydroxylation is 1. The van der Waals surface area contributed by atoms with E-state index in [4.69, 9.17) is 0 Å². The Labute approximate surface area is 121 Å². The molecule has 0 radical (unpaired) electrons. The lowest BCUT2D eigenvalue weighted by Crippen LogP contribution is -2.05. The summed E-state index contributed by atoms with van der Waals surface area (Å²) < 4.78 is 0. The molecule has 2 aromatic rings. The Hall–Kier alpha value is -2.03. The van der Waals surface area contributed by atoms with Gasteiger partial charge in [-0.1, -0.05) is 37.3 Å². The largest absolute Gasteiger partial charge is 0.384 e. The molecule has 2 rings (SSSR count). The van der Waals surface area contributed by atoms with Gasteiger partial charge in [-0.05, 0) is 30.9 Å².